The fourth-order valence-corrected chi connectivity index (χ4v) is 0.399. The van der Waals surface area contributed by atoms with Gasteiger partial charge in [0.2, 0.25) is 0 Å². The number of rotatable bonds is 2. The lowest BCUT2D eigenvalue weighted by atomic mass is 10.1. The third-order valence-corrected chi connectivity index (χ3v) is 1.20. The molecule has 0 heterocycles. The highest BCUT2D eigenvalue weighted by Crippen LogP contribution is 2.07. The third kappa shape index (κ3) is 3.47. The smallest absolute Gasteiger partial charge is 0.347 e. The van der Waals surface area contributed by atoms with Crippen molar-refractivity contribution in [3.63, 3.8) is 0 Å². The molecule has 0 aromatic carbocycles. The Morgan fingerprint density at radius 1 is 1.55 bits per heavy atom. The molecule has 0 aliphatic rings. The quantitative estimate of drug-likeness (QED) is 0.342. The number of hydrogen-bond donors (Lipinski definition) is 0. The minimum atomic E-state index is -0.436. The van der Waals surface area contributed by atoms with Crippen molar-refractivity contribution in [2.75, 3.05) is 0 Å². The second-order valence-electron chi connectivity index (χ2n) is 2.42. The zero-order valence-electron chi connectivity index (χ0n) is 7.10. The van der Waals surface area contributed by atoms with Gasteiger partial charge in [-0.2, -0.15) is 0 Å². The van der Waals surface area contributed by atoms with E-state index in [2.05, 4.69) is 23.3 Å². The minimum Gasteiger partial charge on any atom is -0.369 e. The van der Waals surface area contributed by atoms with Gasteiger partial charge in [-0.25, -0.2) is 4.79 Å². The Labute approximate surface area is 67.2 Å². The van der Waals surface area contributed by atoms with Crippen LogP contribution in [0.5, 0.6) is 0 Å². The Morgan fingerprint density at radius 2 is 2.09 bits per heavy atom. The first-order valence-electron chi connectivity index (χ1n) is 3.41. The van der Waals surface area contributed by atoms with Crippen LogP contribution in [-0.2, 0) is 9.53 Å². The summed E-state index contributed by atoms with van der Waals surface area (Å²) in [6.45, 7) is 8.92. The van der Waals surface area contributed by atoms with E-state index in [0.717, 1.165) is 0 Å². The van der Waals surface area contributed by atoms with Gasteiger partial charge in [0, 0.05) is 12.5 Å². The molecular weight excluding hydrogens is 140 g/mol. The van der Waals surface area contributed by atoms with Crippen LogP contribution in [0.3, 0.4) is 0 Å². The van der Waals surface area contributed by atoms with Gasteiger partial charge in [0.1, 0.15) is 6.11 Å². The van der Waals surface area contributed by atoms with Crippen molar-refractivity contribution in [2.24, 2.45) is 5.92 Å². The maximum absolute atomic E-state index is 10.9. The molecule has 0 amide bonds. The number of carbonyl (C=O) groups excluding carboxylic acids is 1. The van der Waals surface area contributed by atoms with Gasteiger partial charge in [0.15, 0.2) is 0 Å². The van der Waals surface area contributed by atoms with Gasteiger partial charge in [-0.05, 0) is 5.92 Å². The fourth-order valence-electron chi connectivity index (χ4n) is 0.399. The zero-order chi connectivity index (χ0) is 8.85. The average molecular weight is 152 g/mol. The highest BCUT2D eigenvalue weighted by Gasteiger charge is 2.10. The van der Waals surface area contributed by atoms with Gasteiger partial charge >= 0.3 is 5.97 Å². The fraction of sp³-hybridized carbons (Fsp3) is 0.444. The molecular formula is C9H12O2. The number of hydrogen-bond acceptors (Lipinski definition) is 2. The van der Waals surface area contributed by atoms with Crippen LogP contribution in [0.4, 0.5) is 0 Å². The summed E-state index contributed by atoms with van der Waals surface area (Å²) in [6.07, 6.45) is 2.22. The summed E-state index contributed by atoms with van der Waals surface area (Å²) in [5.74, 6) is 2.13. The van der Waals surface area contributed by atoms with Gasteiger partial charge in [-0.1, -0.05) is 26.3 Å². The van der Waals surface area contributed by atoms with Crippen molar-refractivity contribution < 1.29 is 9.53 Å². The van der Waals surface area contributed by atoms with Gasteiger partial charge in [-0.3, -0.25) is 0 Å². The summed E-state index contributed by atoms with van der Waals surface area (Å²) in [7, 11) is 0. The van der Waals surface area contributed by atoms with E-state index in [1.807, 2.05) is 13.8 Å². The van der Waals surface area contributed by atoms with Crippen molar-refractivity contribution in [3.05, 3.63) is 12.2 Å². The molecule has 0 N–H and O–H groups in total. The highest BCUT2D eigenvalue weighted by atomic mass is 16.5. The van der Waals surface area contributed by atoms with Crippen LogP contribution in [0.25, 0.3) is 0 Å². The molecule has 0 aliphatic carbocycles. The van der Waals surface area contributed by atoms with E-state index < -0.39 is 5.97 Å². The second kappa shape index (κ2) is 4.56. The van der Waals surface area contributed by atoms with Gasteiger partial charge < -0.3 is 4.74 Å². The minimum absolute atomic E-state index is 0.112. The first-order chi connectivity index (χ1) is 5.09. The SMILES string of the molecule is C=C(C(=O)OC#CC)C(C)C. The molecule has 0 rings (SSSR count). The lowest BCUT2D eigenvalue weighted by Gasteiger charge is -2.03. The molecule has 2 nitrogen and oxygen atoms in total. The van der Waals surface area contributed by atoms with E-state index in [1.165, 1.54) is 0 Å². The van der Waals surface area contributed by atoms with Crippen LogP contribution in [0.15, 0.2) is 12.2 Å². The van der Waals surface area contributed by atoms with Crippen LogP contribution in [0, 0.1) is 17.9 Å². The summed E-state index contributed by atoms with van der Waals surface area (Å²) < 4.78 is 4.51. The van der Waals surface area contributed by atoms with E-state index in [0.29, 0.717) is 5.57 Å². The molecule has 0 radical (unpaired) electrons. The average Bonchev–Trinajstić information content (AvgIpc) is 1.98. The molecule has 0 saturated carbocycles. The maximum Gasteiger partial charge on any atom is 0.347 e. The molecule has 0 fully saturated rings. The third-order valence-electron chi connectivity index (χ3n) is 1.20. The van der Waals surface area contributed by atoms with Crippen molar-refractivity contribution in [1.82, 2.24) is 0 Å². The zero-order valence-corrected chi connectivity index (χ0v) is 7.10. The standard InChI is InChI=1S/C9H12O2/c1-5-6-11-9(10)8(4)7(2)3/h7H,4H2,1-3H3. The number of ether oxygens (including phenoxy) is 1. The Hall–Kier alpha value is -1.23. The summed E-state index contributed by atoms with van der Waals surface area (Å²) in [5, 5.41) is 0. The van der Waals surface area contributed by atoms with Crippen LogP contribution in [0.1, 0.15) is 20.8 Å². The molecule has 0 atom stereocenters. The van der Waals surface area contributed by atoms with E-state index >= 15 is 0 Å². The Kier molecular flexibility index (Phi) is 4.05. The molecule has 60 valence electrons. The Morgan fingerprint density at radius 3 is 2.45 bits per heavy atom. The monoisotopic (exact) mass is 152 g/mol. The summed E-state index contributed by atoms with van der Waals surface area (Å²) in [5.41, 5.74) is 0.452. The molecule has 2 heteroatoms. The molecule has 0 spiro atoms. The first kappa shape index (κ1) is 9.77. The van der Waals surface area contributed by atoms with Crippen LogP contribution in [-0.4, -0.2) is 5.97 Å². The second-order valence-corrected chi connectivity index (χ2v) is 2.42. The molecule has 11 heavy (non-hydrogen) atoms. The van der Waals surface area contributed by atoms with Crippen LogP contribution in [0.2, 0.25) is 0 Å². The Balaban J connectivity index is 4.01. The maximum atomic E-state index is 10.9. The van der Waals surface area contributed by atoms with Crippen molar-refractivity contribution in [2.45, 2.75) is 20.8 Å². The molecule has 0 unspecified atom stereocenters. The van der Waals surface area contributed by atoms with Crippen molar-refractivity contribution >= 4 is 5.97 Å². The van der Waals surface area contributed by atoms with E-state index in [-0.39, 0.29) is 5.92 Å². The summed E-state index contributed by atoms with van der Waals surface area (Å²) >= 11 is 0. The van der Waals surface area contributed by atoms with E-state index in [1.54, 1.807) is 6.92 Å². The van der Waals surface area contributed by atoms with Gasteiger partial charge in [0.05, 0.1) is 0 Å². The van der Waals surface area contributed by atoms with E-state index in [4.69, 9.17) is 0 Å². The van der Waals surface area contributed by atoms with Crippen molar-refractivity contribution in [1.29, 1.82) is 0 Å². The lowest BCUT2D eigenvalue weighted by molar-refractivity contribution is -0.132. The lowest BCUT2D eigenvalue weighted by Crippen LogP contribution is -2.08. The Bertz CT molecular complexity index is 215. The largest absolute Gasteiger partial charge is 0.369 e. The van der Waals surface area contributed by atoms with Crippen LogP contribution < -0.4 is 0 Å². The predicted molar refractivity (Wildman–Crippen MR) is 43.5 cm³/mol. The molecule has 0 aromatic rings. The van der Waals surface area contributed by atoms with Crippen LogP contribution >= 0.6 is 0 Å². The molecule has 0 saturated heterocycles. The molecule has 0 aromatic heterocycles. The molecule has 0 bridgehead atoms. The topological polar surface area (TPSA) is 26.3 Å². The predicted octanol–water partition coefficient (Wildman–Crippen LogP) is 1.72. The summed E-state index contributed by atoms with van der Waals surface area (Å²) in [6, 6.07) is 0. The first-order valence-corrected chi connectivity index (χ1v) is 3.41. The van der Waals surface area contributed by atoms with E-state index in [9.17, 15) is 4.79 Å². The highest BCUT2D eigenvalue weighted by molar-refractivity contribution is 5.88. The normalized spacial score (nSPS) is 8.36. The van der Waals surface area contributed by atoms with Gasteiger partial charge in [0.25, 0.3) is 0 Å². The van der Waals surface area contributed by atoms with Crippen molar-refractivity contribution in [3.8, 4) is 12.0 Å². The summed E-state index contributed by atoms with van der Waals surface area (Å²) in [4.78, 5) is 10.9. The number of esters is 1. The number of carbonyl (C=O) groups is 1. The van der Waals surface area contributed by atoms with Gasteiger partial charge in [-0.15, -0.1) is 0 Å². The molecule has 0 aliphatic heterocycles.